The van der Waals surface area contributed by atoms with Gasteiger partial charge in [0.1, 0.15) is 12.4 Å². The summed E-state index contributed by atoms with van der Waals surface area (Å²) in [6.07, 6.45) is 0. The zero-order valence-corrected chi connectivity index (χ0v) is 17.4. The Bertz CT molecular complexity index is 653. The maximum absolute atomic E-state index is 6.16. The van der Waals surface area contributed by atoms with E-state index in [1.807, 2.05) is 36.4 Å². The predicted molar refractivity (Wildman–Crippen MR) is 101 cm³/mol. The lowest BCUT2D eigenvalue weighted by Gasteiger charge is -2.26. The van der Waals surface area contributed by atoms with Crippen molar-refractivity contribution in [3.8, 4) is 5.75 Å². The minimum atomic E-state index is 0. The Kier molecular flexibility index (Phi) is 11.8. The van der Waals surface area contributed by atoms with E-state index < -0.39 is 0 Å². The van der Waals surface area contributed by atoms with E-state index in [1.165, 1.54) is 0 Å². The molecule has 1 aliphatic heterocycles. The van der Waals surface area contributed by atoms with Crippen LogP contribution in [0.2, 0.25) is 5.02 Å². The van der Waals surface area contributed by atoms with Gasteiger partial charge in [0.25, 0.3) is 0 Å². The Morgan fingerprint density at radius 2 is 1.78 bits per heavy atom. The lowest BCUT2D eigenvalue weighted by atomic mass is 10.2. The molecule has 3 rings (SSSR count). The normalized spacial score (nSPS) is 14.1. The van der Waals surface area contributed by atoms with Gasteiger partial charge in [0.2, 0.25) is 0 Å². The van der Waals surface area contributed by atoms with E-state index >= 15 is 0 Å². The SMILES string of the molecule is Clc1ccc(OCc2ccccc2)c(CNCCN2CCOCC2)c1.[Cl-].[Cl-]. The maximum Gasteiger partial charge on any atom is 0.124 e. The molecule has 150 valence electrons. The Morgan fingerprint density at radius 1 is 1.04 bits per heavy atom. The van der Waals surface area contributed by atoms with Crippen LogP contribution in [0.15, 0.2) is 48.5 Å². The smallest absolute Gasteiger partial charge is 0.124 e. The van der Waals surface area contributed by atoms with E-state index in [1.54, 1.807) is 0 Å². The van der Waals surface area contributed by atoms with Crippen LogP contribution in [0.5, 0.6) is 5.75 Å². The van der Waals surface area contributed by atoms with Crippen molar-refractivity contribution < 1.29 is 34.3 Å². The Labute approximate surface area is 179 Å². The van der Waals surface area contributed by atoms with Crippen LogP contribution in [0.1, 0.15) is 11.1 Å². The summed E-state index contributed by atoms with van der Waals surface area (Å²) in [5.41, 5.74) is 2.24. The molecule has 0 aliphatic carbocycles. The van der Waals surface area contributed by atoms with Gasteiger partial charge < -0.3 is 39.6 Å². The van der Waals surface area contributed by atoms with E-state index in [-0.39, 0.29) is 24.8 Å². The van der Waals surface area contributed by atoms with Gasteiger partial charge in [0.05, 0.1) is 13.2 Å². The van der Waals surface area contributed by atoms with Crippen LogP contribution < -0.4 is 34.9 Å². The average molecular weight is 432 g/mol. The fourth-order valence-electron chi connectivity index (χ4n) is 2.85. The number of nitrogens with zero attached hydrogens (tertiary/aromatic N) is 1. The third-order valence-electron chi connectivity index (χ3n) is 4.28. The van der Waals surface area contributed by atoms with Gasteiger partial charge in [-0.05, 0) is 23.8 Å². The molecule has 0 aromatic heterocycles. The van der Waals surface area contributed by atoms with Gasteiger partial charge in [-0.25, -0.2) is 0 Å². The second kappa shape index (κ2) is 13.2. The van der Waals surface area contributed by atoms with Gasteiger partial charge in [0.15, 0.2) is 0 Å². The molecule has 7 heteroatoms. The molecule has 2 aromatic carbocycles. The summed E-state index contributed by atoms with van der Waals surface area (Å²) >= 11 is 6.16. The largest absolute Gasteiger partial charge is 1.00 e. The first-order chi connectivity index (χ1) is 12.3. The van der Waals surface area contributed by atoms with Gasteiger partial charge in [-0.1, -0.05) is 41.9 Å². The van der Waals surface area contributed by atoms with E-state index in [4.69, 9.17) is 21.1 Å². The molecule has 0 amide bonds. The van der Waals surface area contributed by atoms with Crippen molar-refractivity contribution in [1.82, 2.24) is 10.2 Å². The molecule has 1 aliphatic rings. The van der Waals surface area contributed by atoms with E-state index in [0.29, 0.717) is 6.61 Å². The van der Waals surface area contributed by atoms with Crippen molar-refractivity contribution in [1.29, 1.82) is 0 Å². The van der Waals surface area contributed by atoms with E-state index in [2.05, 4.69) is 22.3 Å². The topological polar surface area (TPSA) is 33.7 Å². The van der Waals surface area contributed by atoms with Crippen molar-refractivity contribution in [2.75, 3.05) is 39.4 Å². The Hall–Kier alpha value is -1.01. The van der Waals surface area contributed by atoms with Crippen LogP contribution in [0.25, 0.3) is 0 Å². The molecule has 0 atom stereocenters. The molecule has 0 radical (unpaired) electrons. The van der Waals surface area contributed by atoms with Crippen LogP contribution >= 0.6 is 11.6 Å². The number of hydrogen-bond donors (Lipinski definition) is 1. The summed E-state index contributed by atoms with van der Waals surface area (Å²) in [6.45, 7) is 6.99. The van der Waals surface area contributed by atoms with Crippen LogP contribution in [-0.4, -0.2) is 44.3 Å². The molecule has 0 saturated carbocycles. The van der Waals surface area contributed by atoms with Gasteiger partial charge in [-0.3, -0.25) is 4.90 Å². The fraction of sp³-hybridized carbons (Fsp3) is 0.400. The minimum Gasteiger partial charge on any atom is -1.00 e. The number of ether oxygens (including phenoxy) is 2. The van der Waals surface area contributed by atoms with Crippen molar-refractivity contribution in [2.45, 2.75) is 13.2 Å². The quantitative estimate of drug-likeness (QED) is 0.463. The molecular formula is C20H25Cl3N2O2-2. The summed E-state index contributed by atoms with van der Waals surface area (Å²) in [5.74, 6) is 0.882. The van der Waals surface area contributed by atoms with Crippen LogP contribution in [0, 0.1) is 0 Å². The van der Waals surface area contributed by atoms with Crippen LogP contribution in [0.3, 0.4) is 0 Å². The monoisotopic (exact) mass is 430 g/mol. The summed E-state index contributed by atoms with van der Waals surface area (Å²) < 4.78 is 11.4. The first-order valence-corrected chi connectivity index (χ1v) is 9.15. The highest BCUT2D eigenvalue weighted by molar-refractivity contribution is 6.30. The summed E-state index contributed by atoms with van der Waals surface area (Å²) in [7, 11) is 0. The van der Waals surface area contributed by atoms with Gasteiger partial charge in [0, 0.05) is 43.3 Å². The van der Waals surface area contributed by atoms with Crippen molar-refractivity contribution in [2.24, 2.45) is 0 Å². The van der Waals surface area contributed by atoms with E-state index in [0.717, 1.165) is 67.8 Å². The zero-order valence-electron chi connectivity index (χ0n) is 15.2. The molecule has 1 fully saturated rings. The standard InChI is InChI=1S/C20H25ClN2O2.2ClH/c21-19-6-7-20(25-16-17-4-2-1-3-5-17)18(14-19)15-22-8-9-23-10-12-24-13-11-23;;/h1-7,14,22H,8-13,15-16H2;2*1H/p-2. The highest BCUT2D eigenvalue weighted by Gasteiger charge is 2.10. The Morgan fingerprint density at radius 3 is 2.52 bits per heavy atom. The molecule has 27 heavy (non-hydrogen) atoms. The molecule has 1 heterocycles. The first-order valence-electron chi connectivity index (χ1n) is 8.77. The van der Waals surface area contributed by atoms with Gasteiger partial charge in [-0.15, -0.1) is 0 Å². The number of morpholine rings is 1. The summed E-state index contributed by atoms with van der Waals surface area (Å²) in [5, 5.41) is 4.23. The zero-order chi connectivity index (χ0) is 17.3. The van der Waals surface area contributed by atoms with Crippen LogP contribution in [0.4, 0.5) is 0 Å². The maximum atomic E-state index is 6.16. The molecule has 0 bridgehead atoms. The molecule has 4 nitrogen and oxygen atoms in total. The molecule has 2 aromatic rings. The number of benzene rings is 2. The Balaban J connectivity index is 0.00000182. The number of rotatable bonds is 8. The molecule has 0 unspecified atom stereocenters. The number of hydrogen-bond acceptors (Lipinski definition) is 4. The minimum absolute atomic E-state index is 0. The molecule has 1 N–H and O–H groups in total. The predicted octanol–water partition coefficient (Wildman–Crippen LogP) is -2.65. The molecule has 0 spiro atoms. The molecular weight excluding hydrogens is 407 g/mol. The molecule has 1 saturated heterocycles. The second-order valence-electron chi connectivity index (χ2n) is 6.16. The van der Waals surface area contributed by atoms with Crippen molar-refractivity contribution in [3.63, 3.8) is 0 Å². The lowest BCUT2D eigenvalue weighted by Crippen LogP contribution is -3.00. The van der Waals surface area contributed by atoms with Crippen molar-refractivity contribution in [3.05, 3.63) is 64.7 Å². The lowest BCUT2D eigenvalue weighted by molar-refractivity contribution is -0.00100. The third kappa shape index (κ3) is 8.26. The van der Waals surface area contributed by atoms with Gasteiger partial charge in [-0.2, -0.15) is 0 Å². The van der Waals surface area contributed by atoms with Gasteiger partial charge >= 0.3 is 0 Å². The van der Waals surface area contributed by atoms with E-state index in [9.17, 15) is 0 Å². The van der Waals surface area contributed by atoms with Crippen molar-refractivity contribution >= 4 is 11.6 Å². The number of nitrogens with one attached hydrogen (secondary N) is 1. The highest BCUT2D eigenvalue weighted by atomic mass is 35.5. The fourth-order valence-corrected chi connectivity index (χ4v) is 3.04. The summed E-state index contributed by atoms with van der Waals surface area (Å²) in [6, 6.07) is 16.0. The third-order valence-corrected chi connectivity index (χ3v) is 4.52. The van der Waals surface area contributed by atoms with Crippen LogP contribution in [-0.2, 0) is 17.9 Å². The number of halogens is 3. The second-order valence-corrected chi connectivity index (χ2v) is 6.59. The first kappa shape index (κ1) is 24.0. The highest BCUT2D eigenvalue weighted by Crippen LogP contribution is 2.23. The summed E-state index contributed by atoms with van der Waals surface area (Å²) in [4.78, 5) is 2.42. The average Bonchev–Trinajstić information content (AvgIpc) is 2.66.